The SMILES string of the molecule is CCOC(=O)c1cccc(N2CCOCC2)c1N. The Labute approximate surface area is 106 Å². The van der Waals surface area contributed by atoms with Crippen LogP contribution in [0.15, 0.2) is 18.2 Å². The number of esters is 1. The summed E-state index contributed by atoms with van der Waals surface area (Å²) in [5.41, 5.74) is 7.86. The van der Waals surface area contributed by atoms with E-state index in [1.807, 2.05) is 12.1 Å². The molecular formula is C13H18N2O3. The Balaban J connectivity index is 2.26. The van der Waals surface area contributed by atoms with Crippen LogP contribution < -0.4 is 10.6 Å². The molecular weight excluding hydrogens is 232 g/mol. The molecule has 2 N–H and O–H groups in total. The standard InChI is InChI=1S/C13H18N2O3/c1-2-18-13(16)10-4-3-5-11(12(10)14)15-6-8-17-9-7-15/h3-5H,2,6-9,14H2,1H3. The molecule has 1 aromatic rings. The summed E-state index contributed by atoms with van der Waals surface area (Å²) in [5, 5.41) is 0. The van der Waals surface area contributed by atoms with Gasteiger partial charge in [-0.3, -0.25) is 0 Å². The number of benzene rings is 1. The number of hydrogen-bond acceptors (Lipinski definition) is 5. The molecule has 0 spiro atoms. The predicted molar refractivity (Wildman–Crippen MR) is 69.8 cm³/mol. The molecule has 1 fully saturated rings. The van der Waals surface area contributed by atoms with Crippen molar-refractivity contribution in [2.45, 2.75) is 6.92 Å². The molecule has 18 heavy (non-hydrogen) atoms. The summed E-state index contributed by atoms with van der Waals surface area (Å²) >= 11 is 0. The van der Waals surface area contributed by atoms with Crippen LogP contribution in [0.25, 0.3) is 0 Å². The van der Waals surface area contributed by atoms with Crippen LogP contribution in [0.5, 0.6) is 0 Å². The van der Waals surface area contributed by atoms with E-state index in [-0.39, 0.29) is 5.97 Å². The quantitative estimate of drug-likeness (QED) is 0.646. The van der Waals surface area contributed by atoms with Gasteiger partial charge in [-0.1, -0.05) is 6.07 Å². The number of nitrogens with two attached hydrogens (primary N) is 1. The fourth-order valence-electron chi connectivity index (χ4n) is 2.02. The van der Waals surface area contributed by atoms with Gasteiger partial charge in [-0.2, -0.15) is 0 Å². The normalized spacial score (nSPS) is 15.5. The number of rotatable bonds is 3. The van der Waals surface area contributed by atoms with Gasteiger partial charge in [-0.25, -0.2) is 4.79 Å². The zero-order valence-electron chi connectivity index (χ0n) is 10.5. The van der Waals surface area contributed by atoms with E-state index in [4.69, 9.17) is 15.2 Å². The first-order valence-corrected chi connectivity index (χ1v) is 6.12. The van der Waals surface area contributed by atoms with E-state index in [0.717, 1.165) is 18.8 Å². The van der Waals surface area contributed by atoms with Crippen molar-refractivity contribution >= 4 is 17.3 Å². The lowest BCUT2D eigenvalue weighted by Crippen LogP contribution is -2.36. The maximum atomic E-state index is 11.8. The molecule has 1 saturated heterocycles. The topological polar surface area (TPSA) is 64.8 Å². The van der Waals surface area contributed by atoms with E-state index in [1.54, 1.807) is 13.0 Å². The molecule has 0 atom stereocenters. The molecule has 0 aromatic heterocycles. The van der Waals surface area contributed by atoms with Crippen LogP contribution in [0.3, 0.4) is 0 Å². The number of anilines is 2. The number of nitrogens with zero attached hydrogens (tertiary/aromatic N) is 1. The fraction of sp³-hybridized carbons (Fsp3) is 0.462. The number of ether oxygens (including phenoxy) is 2. The van der Waals surface area contributed by atoms with Crippen LogP contribution in [-0.2, 0) is 9.47 Å². The van der Waals surface area contributed by atoms with Crippen LogP contribution in [-0.4, -0.2) is 38.9 Å². The van der Waals surface area contributed by atoms with Crippen molar-refractivity contribution in [3.8, 4) is 0 Å². The molecule has 1 aliphatic rings. The second-order valence-electron chi connectivity index (χ2n) is 4.06. The number of morpholine rings is 1. The average molecular weight is 250 g/mol. The van der Waals surface area contributed by atoms with Crippen LogP contribution in [0.1, 0.15) is 17.3 Å². The van der Waals surface area contributed by atoms with Gasteiger partial charge in [0.15, 0.2) is 0 Å². The van der Waals surface area contributed by atoms with Crippen molar-refractivity contribution in [3.05, 3.63) is 23.8 Å². The summed E-state index contributed by atoms with van der Waals surface area (Å²) in [6, 6.07) is 5.44. The van der Waals surface area contributed by atoms with Gasteiger partial charge in [0, 0.05) is 13.1 Å². The number of hydrogen-bond donors (Lipinski definition) is 1. The summed E-state index contributed by atoms with van der Waals surface area (Å²) in [6.07, 6.45) is 0. The molecule has 0 amide bonds. The van der Waals surface area contributed by atoms with Crippen LogP contribution in [0.2, 0.25) is 0 Å². The minimum absolute atomic E-state index is 0.347. The lowest BCUT2D eigenvalue weighted by Gasteiger charge is -2.30. The zero-order valence-corrected chi connectivity index (χ0v) is 10.5. The summed E-state index contributed by atoms with van der Waals surface area (Å²) in [5.74, 6) is -0.370. The first-order valence-electron chi connectivity index (χ1n) is 6.12. The zero-order chi connectivity index (χ0) is 13.0. The third-order valence-corrected chi connectivity index (χ3v) is 2.93. The molecule has 0 unspecified atom stereocenters. The Hall–Kier alpha value is -1.75. The lowest BCUT2D eigenvalue weighted by molar-refractivity contribution is 0.0527. The highest BCUT2D eigenvalue weighted by molar-refractivity contribution is 5.98. The van der Waals surface area contributed by atoms with Gasteiger partial charge >= 0.3 is 5.97 Å². The summed E-state index contributed by atoms with van der Waals surface area (Å²) in [7, 11) is 0. The summed E-state index contributed by atoms with van der Waals surface area (Å²) in [6.45, 7) is 5.07. The highest BCUT2D eigenvalue weighted by atomic mass is 16.5. The molecule has 1 aromatic carbocycles. The third-order valence-electron chi connectivity index (χ3n) is 2.93. The molecule has 0 saturated carbocycles. The predicted octanol–water partition coefficient (Wildman–Crippen LogP) is 1.28. The Morgan fingerprint density at radius 2 is 2.17 bits per heavy atom. The second kappa shape index (κ2) is 5.73. The molecule has 0 radical (unpaired) electrons. The second-order valence-corrected chi connectivity index (χ2v) is 4.06. The Bertz CT molecular complexity index is 428. The fourth-order valence-corrected chi connectivity index (χ4v) is 2.02. The highest BCUT2D eigenvalue weighted by Gasteiger charge is 2.18. The van der Waals surface area contributed by atoms with Crippen molar-refractivity contribution in [1.29, 1.82) is 0 Å². The van der Waals surface area contributed by atoms with Crippen molar-refractivity contribution in [2.24, 2.45) is 0 Å². The molecule has 5 nitrogen and oxygen atoms in total. The van der Waals surface area contributed by atoms with E-state index in [1.165, 1.54) is 0 Å². The average Bonchev–Trinajstić information content (AvgIpc) is 2.40. The van der Waals surface area contributed by atoms with Gasteiger partial charge in [0.2, 0.25) is 0 Å². The number of carbonyl (C=O) groups excluding carboxylic acids is 1. The van der Waals surface area contributed by atoms with Crippen LogP contribution in [0, 0.1) is 0 Å². The number of nitrogen functional groups attached to an aromatic ring is 1. The largest absolute Gasteiger partial charge is 0.462 e. The maximum Gasteiger partial charge on any atom is 0.340 e. The Morgan fingerprint density at radius 3 is 2.83 bits per heavy atom. The molecule has 2 rings (SSSR count). The van der Waals surface area contributed by atoms with E-state index in [0.29, 0.717) is 31.1 Å². The van der Waals surface area contributed by atoms with Gasteiger partial charge < -0.3 is 20.1 Å². The lowest BCUT2D eigenvalue weighted by atomic mass is 10.1. The number of para-hydroxylation sites is 1. The van der Waals surface area contributed by atoms with Gasteiger partial charge in [-0.05, 0) is 19.1 Å². The van der Waals surface area contributed by atoms with Crippen molar-refractivity contribution in [1.82, 2.24) is 0 Å². The summed E-state index contributed by atoms with van der Waals surface area (Å²) < 4.78 is 10.3. The van der Waals surface area contributed by atoms with E-state index in [9.17, 15) is 4.79 Å². The monoisotopic (exact) mass is 250 g/mol. The van der Waals surface area contributed by atoms with Gasteiger partial charge in [0.25, 0.3) is 0 Å². The maximum absolute atomic E-state index is 11.8. The summed E-state index contributed by atoms with van der Waals surface area (Å²) in [4.78, 5) is 13.9. The van der Waals surface area contributed by atoms with Gasteiger partial charge in [0.1, 0.15) is 0 Å². The highest BCUT2D eigenvalue weighted by Crippen LogP contribution is 2.27. The minimum atomic E-state index is -0.370. The van der Waals surface area contributed by atoms with Crippen molar-refractivity contribution in [2.75, 3.05) is 43.5 Å². The van der Waals surface area contributed by atoms with E-state index < -0.39 is 0 Å². The Morgan fingerprint density at radius 1 is 1.44 bits per heavy atom. The number of carbonyl (C=O) groups is 1. The molecule has 1 heterocycles. The van der Waals surface area contributed by atoms with Crippen molar-refractivity contribution in [3.63, 3.8) is 0 Å². The smallest absolute Gasteiger partial charge is 0.340 e. The first kappa shape index (κ1) is 12.7. The molecule has 5 heteroatoms. The third kappa shape index (κ3) is 2.56. The van der Waals surface area contributed by atoms with Gasteiger partial charge in [-0.15, -0.1) is 0 Å². The van der Waals surface area contributed by atoms with Gasteiger partial charge in [0.05, 0.1) is 36.8 Å². The first-order chi connectivity index (χ1) is 8.74. The Kier molecular flexibility index (Phi) is 4.04. The van der Waals surface area contributed by atoms with Crippen LogP contribution in [0.4, 0.5) is 11.4 Å². The van der Waals surface area contributed by atoms with Crippen molar-refractivity contribution < 1.29 is 14.3 Å². The van der Waals surface area contributed by atoms with Crippen LogP contribution >= 0.6 is 0 Å². The minimum Gasteiger partial charge on any atom is -0.462 e. The molecule has 1 aliphatic heterocycles. The molecule has 98 valence electrons. The van der Waals surface area contributed by atoms with E-state index in [2.05, 4.69) is 4.90 Å². The molecule has 0 bridgehead atoms. The molecule has 0 aliphatic carbocycles. The van der Waals surface area contributed by atoms with E-state index >= 15 is 0 Å².